The van der Waals surface area contributed by atoms with Crippen molar-refractivity contribution in [2.45, 2.75) is 65.1 Å². The van der Waals surface area contributed by atoms with E-state index >= 15 is 0 Å². The lowest BCUT2D eigenvalue weighted by Crippen LogP contribution is -2.33. The predicted octanol–water partition coefficient (Wildman–Crippen LogP) is 7.84. The molecule has 0 bridgehead atoms. The summed E-state index contributed by atoms with van der Waals surface area (Å²) in [5, 5.41) is 0.967. The highest BCUT2D eigenvalue weighted by atomic mass is 19.4. The summed E-state index contributed by atoms with van der Waals surface area (Å²) in [5.74, 6) is -1.43. The first-order valence-corrected chi connectivity index (χ1v) is 13.4. The number of fused-ring (bicyclic) bond motifs is 5. The second-order valence-corrected chi connectivity index (χ2v) is 10.4. The number of nitrogens with zero attached hydrogens (tertiary/aromatic N) is 1. The lowest BCUT2D eigenvalue weighted by Gasteiger charge is -2.28. The molecule has 2 atom stereocenters. The number of benzene rings is 2. The van der Waals surface area contributed by atoms with Crippen LogP contribution < -0.4 is 9.47 Å². The van der Waals surface area contributed by atoms with Gasteiger partial charge < -0.3 is 18.8 Å². The normalized spacial score (nSPS) is 15.4. The maximum atomic E-state index is 13.6. The highest BCUT2D eigenvalue weighted by Gasteiger charge is 2.41. The minimum atomic E-state index is -4.58. The molecule has 5 nitrogen and oxygen atoms in total. The van der Waals surface area contributed by atoms with Crippen molar-refractivity contribution in [2.75, 3.05) is 20.3 Å². The Kier molecular flexibility index (Phi) is 8.62. The average molecular weight is 544 g/mol. The molecule has 210 valence electrons. The zero-order chi connectivity index (χ0) is 28.3. The average Bonchev–Trinajstić information content (AvgIpc) is 3.25. The molecule has 1 aromatic heterocycles. The Morgan fingerprint density at radius 2 is 1.92 bits per heavy atom. The van der Waals surface area contributed by atoms with Crippen LogP contribution in [0.4, 0.5) is 13.2 Å². The van der Waals surface area contributed by atoms with Crippen LogP contribution in [0.1, 0.15) is 57.1 Å². The molecule has 0 saturated heterocycles. The van der Waals surface area contributed by atoms with E-state index in [1.807, 2.05) is 6.07 Å². The van der Waals surface area contributed by atoms with Crippen LogP contribution in [0.3, 0.4) is 0 Å². The van der Waals surface area contributed by atoms with E-state index in [-0.39, 0.29) is 11.5 Å². The summed E-state index contributed by atoms with van der Waals surface area (Å²) in [6, 6.07) is 11.8. The van der Waals surface area contributed by atoms with Gasteiger partial charge in [-0.3, -0.25) is 0 Å². The van der Waals surface area contributed by atoms with Gasteiger partial charge in [-0.25, -0.2) is 4.79 Å². The topological polar surface area (TPSA) is 49.7 Å². The van der Waals surface area contributed by atoms with Crippen LogP contribution in [0.2, 0.25) is 0 Å². The van der Waals surface area contributed by atoms with E-state index in [0.717, 1.165) is 47.3 Å². The molecule has 39 heavy (non-hydrogen) atoms. The molecule has 0 amide bonds. The first-order valence-electron chi connectivity index (χ1n) is 13.4. The summed E-state index contributed by atoms with van der Waals surface area (Å²) in [5.41, 5.74) is 5.54. The molecule has 0 radical (unpaired) electrons. The number of carbonyl (C=O) groups excluding carboxylic acids is 1. The Labute approximate surface area is 227 Å². The zero-order valence-corrected chi connectivity index (χ0v) is 23.0. The van der Waals surface area contributed by atoms with Gasteiger partial charge >= 0.3 is 12.1 Å². The third-order valence-corrected chi connectivity index (χ3v) is 7.28. The minimum Gasteiger partial charge on any atom is -0.496 e. The van der Waals surface area contributed by atoms with Gasteiger partial charge in [0.15, 0.2) is 0 Å². The fraction of sp³-hybridized carbons (Fsp3) is 0.452. The largest absolute Gasteiger partial charge is 0.496 e. The number of unbranched alkanes of at least 4 members (excludes halogenated alkanes) is 2. The van der Waals surface area contributed by atoms with Gasteiger partial charge in [-0.05, 0) is 61.1 Å². The van der Waals surface area contributed by atoms with Crippen molar-refractivity contribution in [3.63, 3.8) is 0 Å². The summed E-state index contributed by atoms with van der Waals surface area (Å²) < 4.78 is 59.1. The third kappa shape index (κ3) is 6.26. The van der Waals surface area contributed by atoms with E-state index in [1.54, 1.807) is 19.2 Å². The van der Waals surface area contributed by atoms with Gasteiger partial charge in [0.05, 0.1) is 18.3 Å². The van der Waals surface area contributed by atoms with Crippen molar-refractivity contribution < 1.29 is 32.2 Å². The molecular weight excluding hydrogens is 507 g/mol. The standard InChI is InChI=1S/C31H36F3NO4/c1-6-7-8-9-21-12-25-20(4)16-35-26-15-24(11-10-22(26)14-27(35)29(25)28(13-21)37-5)38-17-23(31(32,33)34)18-39-30(36)19(2)3/h10-15,20,23H,2,6-9,16-18H2,1,3-5H3. The number of hydrogen-bond acceptors (Lipinski definition) is 4. The van der Waals surface area contributed by atoms with E-state index in [0.29, 0.717) is 5.75 Å². The molecule has 3 aromatic rings. The second kappa shape index (κ2) is 11.8. The smallest absolute Gasteiger partial charge is 0.398 e. The fourth-order valence-electron chi connectivity index (χ4n) is 5.08. The summed E-state index contributed by atoms with van der Waals surface area (Å²) >= 11 is 0. The molecule has 8 heteroatoms. The van der Waals surface area contributed by atoms with Crippen molar-refractivity contribution in [3.05, 3.63) is 59.7 Å². The Morgan fingerprint density at radius 1 is 1.15 bits per heavy atom. The highest BCUT2D eigenvalue weighted by molar-refractivity contribution is 5.91. The van der Waals surface area contributed by atoms with Crippen molar-refractivity contribution in [1.82, 2.24) is 4.57 Å². The summed E-state index contributed by atoms with van der Waals surface area (Å²) in [4.78, 5) is 11.6. The van der Waals surface area contributed by atoms with Crippen LogP contribution in [0.5, 0.6) is 11.5 Å². The van der Waals surface area contributed by atoms with E-state index in [1.165, 1.54) is 30.9 Å². The van der Waals surface area contributed by atoms with Crippen molar-refractivity contribution in [2.24, 2.45) is 5.92 Å². The van der Waals surface area contributed by atoms with Gasteiger partial charge in [-0.15, -0.1) is 0 Å². The van der Waals surface area contributed by atoms with E-state index in [2.05, 4.69) is 43.2 Å². The molecule has 2 heterocycles. The molecule has 2 unspecified atom stereocenters. The molecular formula is C31H36F3NO4. The maximum absolute atomic E-state index is 13.6. The quantitative estimate of drug-likeness (QED) is 0.140. The number of alkyl halides is 3. The number of esters is 1. The number of hydrogen-bond donors (Lipinski definition) is 0. The number of aryl methyl sites for hydroxylation is 1. The number of carbonyl (C=O) groups is 1. The molecule has 2 aromatic carbocycles. The Balaban J connectivity index is 1.61. The molecule has 1 aliphatic heterocycles. The van der Waals surface area contributed by atoms with Crippen LogP contribution in [-0.4, -0.2) is 37.0 Å². The van der Waals surface area contributed by atoms with Gasteiger partial charge in [0.1, 0.15) is 30.6 Å². The van der Waals surface area contributed by atoms with Crippen molar-refractivity contribution in [3.8, 4) is 22.8 Å². The van der Waals surface area contributed by atoms with Gasteiger partial charge in [-0.2, -0.15) is 13.2 Å². The number of rotatable bonds is 11. The van der Waals surface area contributed by atoms with Crippen LogP contribution in [0, 0.1) is 5.92 Å². The summed E-state index contributed by atoms with van der Waals surface area (Å²) in [7, 11) is 1.69. The monoisotopic (exact) mass is 543 g/mol. The predicted molar refractivity (Wildman–Crippen MR) is 146 cm³/mol. The Hall–Kier alpha value is -3.42. The number of methoxy groups -OCH3 is 1. The van der Waals surface area contributed by atoms with Crippen molar-refractivity contribution >= 4 is 16.9 Å². The first kappa shape index (κ1) is 28.6. The summed E-state index contributed by atoms with van der Waals surface area (Å²) in [6.45, 7) is 8.41. The van der Waals surface area contributed by atoms with E-state index in [9.17, 15) is 18.0 Å². The highest BCUT2D eigenvalue weighted by Crippen LogP contribution is 2.45. The summed E-state index contributed by atoms with van der Waals surface area (Å²) in [6.07, 6.45) is -0.0695. The van der Waals surface area contributed by atoms with E-state index < -0.39 is 31.3 Å². The Bertz CT molecular complexity index is 1360. The van der Waals surface area contributed by atoms with E-state index in [4.69, 9.17) is 14.2 Å². The van der Waals surface area contributed by atoms with Crippen LogP contribution in [0.15, 0.2) is 48.6 Å². The van der Waals surface area contributed by atoms with Crippen LogP contribution >= 0.6 is 0 Å². The molecule has 0 fully saturated rings. The first-order chi connectivity index (χ1) is 18.5. The molecule has 4 rings (SSSR count). The fourth-order valence-corrected chi connectivity index (χ4v) is 5.08. The number of halogens is 3. The Morgan fingerprint density at radius 3 is 2.59 bits per heavy atom. The molecule has 0 spiro atoms. The lowest BCUT2D eigenvalue weighted by molar-refractivity contribution is -0.196. The maximum Gasteiger partial charge on any atom is 0.398 e. The lowest BCUT2D eigenvalue weighted by atomic mass is 9.87. The minimum absolute atomic E-state index is 0.0421. The van der Waals surface area contributed by atoms with Gasteiger partial charge in [-0.1, -0.05) is 39.3 Å². The molecule has 1 aliphatic rings. The van der Waals surface area contributed by atoms with Gasteiger partial charge in [0.2, 0.25) is 0 Å². The van der Waals surface area contributed by atoms with Crippen molar-refractivity contribution in [1.29, 1.82) is 0 Å². The van der Waals surface area contributed by atoms with Crippen LogP contribution in [-0.2, 0) is 22.5 Å². The zero-order valence-electron chi connectivity index (χ0n) is 23.0. The van der Waals surface area contributed by atoms with Crippen LogP contribution in [0.25, 0.3) is 22.2 Å². The SMILES string of the molecule is C=C(C)C(=O)OCC(COc1ccc2cc3n(c2c1)CC(C)c1cc(CCCCC)cc(OC)c1-3)C(F)(F)F. The third-order valence-electron chi connectivity index (χ3n) is 7.28. The molecule has 0 aliphatic carbocycles. The number of aromatic nitrogens is 1. The second-order valence-electron chi connectivity index (χ2n) is 10.4. The number of ether oxygens (including phenoxy) is 3. The molecule has 0 N–H and O–H groups in total. The van der Waals surface area contributed by atoms with Gasteiger partial charge in [0.25, 0.3) is 0 Å². The van der Waals surface area contributed by atoms with Gasteiger partial charge in [0, 0.05) is 29.1 Å². The molecule has 0 saturated carbocycles.